The predicted octanol–water partition coefficient (Wildman–Crippen LogP) is 4.17. The Morgan fingerprint density at radius 1 is 0.744 bits per heavy atom. The molecule has 9 heteroatoms. The lowest BCUT2D eigenvalue weighted by atomic mass is 10.1. The van der Waals surface area contributed by atoms with Crippen LogP contribution >= 0.6 is 0 Å². The van der Waals surface area contributed by atoms with Crippen molar-refractivity contribution in [3.8, 4) is 11.5 Å². The van der Waals surface area contributed by atoms with Crippen molar-refractivity contribution in [2.45, 2.75) is 25.7 Å². The normalized spacial score (nSPS) is 17.5. The van der Waals surface area contributed by atoms with E-state index >= 15 is 0 Å². The van der Waals surface area contributed by atoms with E-state index in [9.17, 15) is 9.59 Å². The van der Waals surface area contributed by atoms with Crippen molar-refractivity contribution in [2.75, 3.05) is 54.2 Å². The van der Waals surface area contributed by atoms with Crippen LogP contribution in [0.3, 0.4) is 0 Å². The molecule has 0 bridgehead atoms. The minimum Gasteiger partial charge on any atom is -0.426 e. The van der Waals surface area contributed by atoms with Crippen LogP contribution in [0.2, 0.25) is 0 Å². The van der Waals surface area contributed by atoms with Crippen molar-refractivity contribution in [1.82, 2.24) is 19.8 Å². The van der Waals surface area contributed by atoms with Crippen LogP contribution in [-0.4, -0.2) is 85.9 Å². The molecule has 0 aliphatic rings. The highest BCUT2D eigenvalue weighted by atomic mass is 16.5. The van der Waals surface area contributed by atoms with Crippen molar-refractivity contribution >= 4 is 33.7 Å². The molecule has 9 nitrogen and oxygen atoms in total. The van der Waals surface area contributed by atoms with Crippen molar-refractivity contribution < 1.29 is 40.2 Å². The predicted molar refractivity (Wildman–Crippen MR) is 152 cm³/mol. The van der Waals surface area contributed by atoms with Crippen LogP contribution in [0, 0.1) is 0 Å². The first kappa shape index (κ1) is 16.4. The molecule has 208 valence electrons. The topological polar surface area (TPSA) is 99.9 Å². The number of benzene rings is 2. The maximum Gasteiger partial charge on any atom is 0.313 e. The van der Waals surface area contributed by atoms with E-state index in [4.69, 9.17) is 30.7 Å². The van der Waals surface area contributed by atoms with Crippen molar-refractivity contribution in [1.29, 1.82) is 0 Å². The monoisotopic (exact) mass is 546 g/mol. The van der Waals surface area contributed by atoms with Crippen LogP contribution in [-0.2, 0) is 27.2 Å². The Kier molecular flexibility index (Phi) is 5.66. The van der Waals surface area contributed by atoms with Gasteiger partial charge in [0.25, 0.3) is 0 Å². The number of nitrogens with one attached hydrogen (secondary N) is 2. The summed E-state index contributed by atoms with van der Waals surface area (Å²) in [6, 6.07) is 9.90. The fourth-order valence-electron chi connectivity index (χ4n) is 4.23. The molecular formula is C30H38N4O5. The Hall–Kier alpha value is -3.66. The number of hydrogen-bond donors (Lipinski definition) is 2. The van der Waals surface area contributed by atoms with Gasteiger partial charge in [0.1, 0.15) is 11.5 Å². The zero-order valence-corrected chi connectivity index (χ0v) is 21.2. The fraction of sp³-hybridized carbons (Fsp3) is 0.400. The first-order valence-electron chi connectivity index (χ1n) is 18.4. The van der Waals surface area contributed by atoms with Gasteiger partial charge in [-0.1, -0.05) is 12.1 Å². The molecule has 4 aromatic rings. The number of ether oxygens (including phenoxy) is 3. The Labute approximate surface area is 245 Å². The average molecular weight is 547 g/mol. The van der Waals surface area contributed by atoms with Gasteiger partial charge in [0, 0.05) is 63.7 Å². The third-order valence-corrected chi connectivity index (χ3v) is 6.06. The fourth-order valence-corrected chi connectivity index (χ4v) is 4.23. The Balaban J connectivity index is 1.28. The number of H-pyrrole nitrogens is 2. The molecule has 0 saturated heterocycles. The van der Waals surface area contributed by atoms with E-state index in [0.717, 1.165) is 0 Å². The maximum atomic E-state index is 12.7. The second-order valence-corrected chi connectivity index (χ2v) is 8.85. The van der Waals surface area contributed by atoms with Crippen molar-refractivity contribution in [3.05, 3.63) is 59.9 Å². The number of esters is 2. The second-order valence-electron chi connectivity index (χ2n) is 8.85. The van der Waals surface area contributed by atoms with Gasteiger partial charge in [-0.15, -0.1) is 0 Å². The summed E-state index contributed by atoms with van der Waals surface area (Å²) in [5, 5.41) is 1.02. The van der Waals surface area contributed by atoms with Gasteiger partial charge < -0.3 is 34.0 Å². The summed E-state index contributed by atoms with van der Waals surface area (Å²) in [5.41, 5.74) is 2.35. The van der Waals surface area contributed by atoms with E-state index in [1.807, 2.05) is 0 Å². The van der Waals surface area contributed by atoms with E-state index in [1.165, 1.54) is 0 Å². The number of carbonyl (C=O) groups is 2. The zero-order chi connectivity index (χ0) is 37.8. The van der Waals surface area contributed by atoms with E-state index < -0.39 is 39.8 Å². The molecule has 0 radical (unpaired) electrons. The van der Waals surface area contributed by atoms with E-state index in [-0.39, 0.29) is 63.5 Å². The number of aromatic nitrogens is 2. The molecule has 0 unspecified atom stereocenters. The van der Waals surface area contributed by atoms with Gasteiger partial charge in [0.2, 0.25) is 0 Å². The number of rotatable bonds is 14. The Bertz CT molecular complexity index is 1650. The van der Waals surface area contributed by atoms with Crippen LogP contribution in [0.4, 0.5) is 0 Å². The molecular weight excluding hydrogens is 496 g/mol. The first-order chi connectivity index (χ1) is 23.7. The van der Waals surface area contributed by atoms with Gasteiger partial charge in [0.05, 0.1) is 26.1 Å². The van der Waals surface area contributed by atoms with Crippen molar-refractivity contribution in [2.24, 2.45) is 0 Å². The summed E-state index contributed by atoms with van der Waals surface area (Å²) in [5.74, 6) is -0.860. The molecule has 2 aromatic heterocycles. The third-order valence-electron chi connectivity index (χ3n) is 6.06. The first-order valence-corrected chi connectivity index (χ1v) is 12.4. The lowest BCUT2D eigenvalue weighted by molar-refractivity contribution is -0.136. The summed E-state index contributed by atoms with van der Waals surface area (Å²) in [6.45, 7) is -12.1. The molecule has 0 atom stereocenters. The number of nitrogens with zero attached hydrogens (tertiary/aromatic N) is 2. The SMILES string of the molecule is [2H]C([2H])([2H])N(CCc1c[nH]c2cccc(OC(=O)CCOCCC(=O)Oc3cccc4[nH]cc(CCN(C([2H])([2H])[2H])C([2H])([2H])[2H])c34)c12)C([2H])([2H])[2H]. The summed E-state index contributed by atoms with van der Waals surface area (Å²) >= 11 is 0. The number of likely N-dealkylation sites (N-methyl/N-ethyl adjacent to an activating group) is 2. The minimum atomic E-state index is -2.83. The number of carbonyl (C=O) groups excluding carboxylic acids is 2. The van der Waals surface area contributed by atoms with Gasteiger partial charge in [-0.3, -0.25) is 9.59 Å². The molecule has 4 rings (SSSR count). The summed E-state index contributed by atoms with van der Waals surface area (Å²) in [4.78, 5) is 32.3. The van der Waals surface area contributed by atoms with Gasteiger partial charge >= 0.3 is 11.9 Å². The lowest BCUT2D eigenvalue weighted by Crippen LogP contribution is -2.16. The molecule has 0 saturated carbocycles. The van der Waals surface area contributed by atoms with E-state index in [1.54, 1.807) is 48.8 Å². The number of hydrogen-bond acceptors (Lipinski definition) is 7. The number of fused-ring (bicyclic) bond motifs is 2. The van der Waals surface area contributed by atoms with E-state index in [0.29, 0.717) is 42.7 Å². The molecule has 0 aliphatic heterocycles. The average Bonchev–Trinajstić information content (AvgIpc) is 3.60. The van der Waals surface area contributed by atoms with Crippen molar-refractivity contribution in [3.63, 3.8) is 0 Å². The van der Waals surface area contributed by atoms with E-state index in [2.05, 4.69) is 9.97 Å². The quantitative estimate of drug-likeness (QED) is 0.139. The van der Waals surface area contributed by atoms with Crippen LogP contribution < -0.4 is 9.47 Å². The molecule has 2 N–H and O–H groups in total. The highest BCUT2D eigenvalue weighted by Crippen LogP contribution is 2.30. The van der Waals surface area contributed by atoms with Gasteiger partial charge in [-0.25, -0.2) is 0 Å². The molecule has 0 amide bonds. The van der Waals surface area contributed by atoms with Gasteiger partial charge in [0.15, 0.2) is 0 Å². The number of aromatic amines is 2. The van der Waals surface area contributed by atoms with Gasteiger partial charge in [-0.2, -0.15) is 0 Å². The molecule has 39 heavy (non-hydrogen) atoms. The summed E-state index contributed by atoms with van der Waals surface area (Å²) < 4.78 is 108. The maximum absolute atomic E-state index is 12.7. The lowest BCUT2D eigenvalue weighted by Gasteiger charge is -2.11. The molecule has 0 aliphatic carbocycles. The second kappa shape index (κ2) is 13.4. The largest absolute Gasteiger partial charge is 0.426 e. The van der Waals surface area contributed by atoms with Crippen LogP contribution in [0.15, 0.2) is 48.8 Å². The molecule has 2 heterocycles. The standard InChI is InChI=1S/C30H38N4O5/c1-33(2)15-11-21-19-31-23-7-5-9-25(29(21)23)38-27(35)13-17-37-18-14-28(36)39-26-10-6-8-24-30(26)22(20-32-24)12-16-34(3)4/h5-10,19-20,31-32H,11-18H2,1-4H3/i1D3,2D3,3D3,4D3. The van der Waals surface area contributed by atoms with Gasteiger partial charge in [-0.05, 0) is 76.1 Å². The van der Waals surface area contributed by atoms with Crippen LogP contribution in [0.5, 0.6) is 11.5 Å². The highest BCUT2D eigenvalue weighted by Gasteiger charge is 2.15. The third kappa shape index (κ3) is 7.69. The Morgan fingerprint density at radius 3 is 1.64 bits per heavy atom. The zero-order valence-electron chi connectivity index (χ0n) is 33.2. The molecule has 0 spiro atoms. The smallest absolute Gasteiger partial charge is 0.313 e. The van der Waals surface area contributed by atoms with Crippen LogP contribution in [0.25, 0.3) is 21.8 Å². The van der Waals surface area contributed by atoms with Crippen LogP contribution in [0.1, 0.15) is 40.4 Å². The minimum absolute atomic E-state index is 0.0539. The summed E-state index contributed by atoms with van der Waals surface area (Å²) in [6.07, 6.45) is 3.00. The molecule has 0 fully saturated rings. The Morgan fingerprint density at radius 2 is 1.21 bits per heavy atom. The molecule has 2 aromatic carbocycles. The highest BCUT2D eigenvalue weighted by molar-refractivity contribution is 5.92. The summed E-state index contributed by atoms with van der Waals surface area (Å²) in [7, 11) is 0.